The van der Waals surface area contributed by atoms with Crippen LogP contribution in [0.5, 0.6) is 17.4 Å². The third-order valence-corrected chi connectivity index (χ3v) is 3.57. The number of hydrogen-bond donors (Lipinski definition) is 2. The molecule has 1 aromatic heterocycles. The molecule has 26 heavy (non-hydrogen) atoms. The second-order valence-corrected chi connectivity index (χ2v) is 5.54. The van der Waals surface area contributed by atoms with E-state index in [1.54, 1.807) is 42.5 Å². The molecule has 0 fully saturated rings. The van der Waals surface area contributed by atoms with Crippen LogP contribution >= 0.6 is 0 Å². The lowest BCUT2D eigenvalue weighted by molar-refractivity contribution is -0.114. The van der Waals surface area contributed by atoms with Crippen molar-refractivity contribution in [3.8, 4) is 17.4 Å². The highest BCUT2D eigenvalue weighted by atomic mass is 16.5. The molecule has 132 valence electrons. The predicted molar refractivity (Wildman–Crippen MR) is 96.1 cm³/mol. The maximum absolute atomic E-state index is 11.3. The maximum atomic E-state index is 11.3. The van der Waals surface area contributed by atoms with Gasteiger partial charge in [0.1, 0.15) is 11.5 Å². The van der Waals surface area contributed by atoms with Crippen molar-refractivity contribution in [1.82, 2.24) is 4.98 Å². The van der Waals surface area contributed by atoms with E-state index in [0.717, 1.165) is 0 Å². The number of rotatable bonds is 5. The fourth-order valence-electron chi connectivity index (χ4n) is 2.44. The molecule has 7 nitrogen and oxygen atoms in total. The smallest absolute Gasteiger partial charge is 0.335 e. The van der Waals surface area contributed by atoms with Gasteiger partial charge < -0.3 is 19.9 Å². The van der Waals surface area contributed by atoms with Gasteiger partial charge in [-0.3, -0.25) is 4.79 Å². The Kier molecular flexibility index (Phi) is 4.70. The zero-order valence-electron chi connectivity index (χ0n) is 14.1. The summed E-state index contributed by atoms with van der Waals surface area (Å²) in [5.41, 5.74) is 1.34. The van der Waals surface area contributed by atoms with Crippen LogP contribution < -0.4 is 14.8 Å². The molecule has 1 amide bonds. The Bertz CT molecular complexity index is 1000. The Hall–Kier alpha value is -3.61. The van der Waals surface area contributed by atoms with Crippen molar-refractivity contribution in [3.05, 3.63) is 54.1 Å². The number of carbonyl (C=O) groups is 2. The fraction of sp³-hybridized carbons (Fsp3) is 0.105. The van der Waals surface area contributed by atoms with E-state index in [1.807, 2.05) is 0 Å². The number of hydrogen-bond acceptors (Lipinski definition) is 5. The Labute approximate surface area is 149 Å². The SMILES string of the molecule is COc1cc(NC(C)=O)cc(Oc2ccc3cc(C(=O)O)ccc3n2)c1. The average molecular weight is 352 g/mol. The topological polar surface area (TPSA) is 97.8 Å². The Morgan fingerprint density at radius 1 is 1.04 bits per heavy atom. The summed E-state index contributed by atoms with van der Waals surface area (Å²) in [6.45, 7) is 1.41. The van der Waals surface area contributed by atoms with Crippen molar-refractivity contribution in [2.24, 2.45) is 0 Å². The minimum absolute atomic E-state index is 0.195. The zero-order chi connectivity index (χ0) is 18.7. The summed E-state index contributed by atoms with van der Waals surface area (Å²) in [7, 11) is 1.52. The number of methoxy groups -OCH3 is 1. The highest BCUT2D eigenvalue weighted by Gasteiger charge is 2.08. The van der Waals surface area contributed by atoms with Gasteiger partial charge in [-0.1, -0.05) is 0 Å². The Morgan fingerprint density at radius 2 is 1.81 bits per heavy atom. The standard InChI is InChI=1S/C19H16N2O5/c1-11(22)20-14-8-15(25-2)10-16(9-14)26-18-6-4-12-7-13(19(23)24)3-5-17(12)21-18/h3-10H,1-2H3,(H,20,22)(H,23,24). The molecular weight excluding hydrogens is 336 g/mol. The van der Waals surface area contributed by atoms with Crippen molar-refractivity contribution in [2.75, 3.05) is 12.4 Å². The predicted octanol–water partition coefficient (Wildman–Crippen LogP) is 3.69. The van der Waals surface area contributed by atoms with Crippen molar-refractivity contribution in [1.29, 1.82) is 0 Å². The second kappa shape index (κ2) is 7.10. The van der Waals surface area contributed by atoms with Gasteiger partial charge >= 0.3 is 5.97 Å². The monoisotopic (exact) mass is 352 g/mol. The quantitative estimate of drug-likeness (QED) is 0.727. The molecule has 0 saturated heterocycles. The molecule has 0 aliphatic heterocycles. The van der Waals surface area contributed by atoms with Crippen molar-refractivity contribution >= 4 is 28.5 Å². The second-order valence-electron chi connectivity index (χ2n) is 5.54. The van der Waals surface area contributed by atoms with E-state index in [1.165, 1.54) is 20.1 Å². The molecule has 2 aromatic carbocycles. The first-order valence-electron chi connectivity index (χ1n) is 7.73. The molecule has 0 unspecified atom stereocenters. The van der Waals surface area contributed by atoms with Crippen LogP contribution in [0.15, 0.2) is 48.5 Å². The van der Waals surface area contributed by atoms with E-state index in [-0.39, 0.29) is 11.5 Å². The van der Waals surface area contributed by atoms with Crippen LogP contribution in [0.2, 0.25) is 0 Å². The molecule has 0 atom stereocenters. The van der Waals surface area contributed by atoms with Crippen LogP contribution in [-0.4, -0.2) is 29.1 Å². The Morgan fingerprint density at radius 3 is 2.50 bits per heavy atom. The first kappa shape index (κ1) is 17.2. The van der Waals surface area contributed by atoms with Crippen LogP contribution in [0.4, 0.5) is 5.69 Å². The number of aromatic carboxylic acids is 1. The van der Waals surface area contributed by atoms with E-state index in [0.29, 0.717) is 34.0 Å². The lowest BCUT2D eigenvalue weighted by atomic mass is 10.1. The summed E-state index contributed by atoms with van der Waals surface area (Å²) in [6, 6.07) is 13.0. The van der Waals surface area contributed by atoms with Crippen molar-refractivity contribution in [3.63, 3.8) is 0 Å². The molecule has 2 N–H and O–H groups in total. The summed E-state index contributed by atoms with van der Waals surface area (Å²) >= 11 is 0. The number of fused-ring (bicyclic) bond motifs is 1. The summed E-state index contributed by atoms with van der Waals surface area (Å²) in [6.07, 6.45) is 0. The number of anilines is 1. The molecule has 0 spiro atoms. The maximum Gasteiger partial charge on any atom is 0.335 e. The van der Waals surface area contributed by atoms with Crippen LogP contribution in [-0.2, 0) is 4.79 Å². The number of carboxylic acid groups (broad SMARTS) is 1. The molecule has 3 aromatic rings. The van der Waals surface area contributed by atoms with Gasteiger partial charge in [0.05, 0.1) is 18.2 Å². The van der Waals surface area contributed by atoms with Gasteiger partial charge in [-0.15, -0.1) is 0 Å². The van der Waals surface area contributed by atoms with Gasteiger partial charge in [0.25, 0.3) is 0 Å². The highest BCUT2D eigenvalue weighted by molar-refractivity contribution is 5.93. The number of carboxylic acids is 1. The molecule has 1 heterocycles. The number of nitrogens with zero attached hydrogens (tertiary/aromatic N) is 1. The van der Waals surface area contributed by atoms with Gasteiger partial charge in [0.15, 0.2) is 0 Å². The van der Waals surface area contributed by atoms with Crippen LogP contribution in [0, 0.1) is 0 Å². The van der Waals surface area contributed by atoms with Crippen LogP contribution in [0.3, 0.4) is 0 Å². The van der Waals surface area contributed by atoms with Gasteiger partial charge in [0, 0.05) is 42.3 Å². The zero-order valence-corrected chi connectivity index (χ0v) is 14.1. The lowest BCUT2D eigenvalue weighted by Crippen LogP contribution is -2.06. The van der Waals surface area contributed by atoms with Crippen LogP contribution in [0.25, 0.3) is 10.9 Å². The van der Waals surface area contributed by atoms with Gasteiger partial charge in [-0.05, 0) is 24.3 Å². The summed E-state index contributed by atoms with van der Waals surface area (Å²) < 4.78 is 11.0. The first-order valence-corrected chi connectivity index (χ1v) is 7.73. The third-order valence-electron chi connectivity index (χ3n) is 3.57. The summed E-state index contributed by atoms with van der Waals surface area (Å²) in [4.78, 5) is 26.7. The van der Waals surface area contributed by atoms with E-state index < -0.39 is 5.97 Å². The minimum Gasteiger partial charge on any atom is -0.497 e. The van der Waals surface area contributed by atoms with Gasteiger partial charge in [0.2, 0.25) is 11.8 Å². The van der Waals surface area contributed by atoms with Crippen molar-refractivity contribution < 1.29 is 24.2 Å². The number of pyridine rings is 1. The van der Waals surface area contributed by atoms with E-state index in [2.05, 4.69) is 10.3 Å². The number of carbonyl (C=O) groups excluding carboxylic acids is 1. The fourth-order valence-corrected chi connectivity index (χ4v) is 2.44. The number of amides is 1. The molecule has 0 aliphatic carbocycles. The summed E-state index contributed by atoms with van der Waals surface area (Å²) in [5.74, 6) is 0.110. The van der Waals surface area contributed by atoms with Gasteiger partial charge in [-0.25, -0.2) is 9.78 Å². The number of benzene rings is 2. The molecular formula is C19H16N2O5. The first-order chi connectivity index (χ1) is 12.4. The number of nitrogens with one attached hydrogen (secondary N) is 1. The minimum atomic E-state index is -0.992. The number of ether oxygens (including phenoxy) is 2. The normalized spacial score (nSPS) is 10.4. The largest absolute Gasteiger partial charge is 0.497 e. The lowest BCUT2D eigenvalue weighted by Gasteiger charge is -2.11. The molecule has 3 rings (SSSR count). The van der Waals surface area contributed by atoms with Crippen LogP contribution in [0.1, 0.15) is 17.3 Å². The number of aromatic nitrogens is 1. The Balaban J connectivity index is 1.91. The van der Waals surface area contributed by atoms with E-state index in [9.17, 15) is 9.59 Å². The average Bonchev–Trinajstić information content (AvgIpc) is 2.60. The van der Waals surface area contributed by atoms with E-state index >= 15 is 0 Å². The summed E-state index contributed by atoms with van der Waals surface area (Å²) in [5, 5.41) is 12.4. The van der Waals surface area contributed by atoms with E-state index in [4.69, 9.17) is 14.6 Å². The molecule has 0 radical (unpaired) electrons. The molecule has 0 aliphatic rings. The highest BCUT2D eigenvalue weighted by Crippen LogP contribution is 2.30. The molecule has 0 bridgehead atoms. The molecule has 0 saturated carbocycles. The van der Waals surface area contributed by atoms with Gasteiger partial charge in [-0.2, -0.15) is 0 Å². The molecule has 7 heteroatoms. The third kappa shape index (κ3) is 3.89. The van der Waals surface area contributed by atoms with Crippen molar-refractivity contribution in [2.45, 2.75) is 6.92 Å².